The van der Waals surface area contributed by atoms with Crippen molar-refractivity contribution in [1.82, 2.24) is 5.32 Å². The van der Waals surface area contributed by atoms with Crippen molar-refractivity contribution in [2.75, 3.05) is 24.8 Å². The highest BCUT2D eigenvalue weighted by atomic mass is 16.7. The summed E-state index contributed by atoms with van der Waals surface area (Å²) in [6.45, 7) is 4.22. The maximum Gasteiger partial charge on any atom is 0.231 e. The summed E-state index contributed by atoms with van der Waals surface area (Å²) in [7, 11) is 0. The molecule has 19 heavy (non-hydrogen) atoms. The molecule has 1 saturated heterocycles. The Morgan fingerprint density at radius 2 is 2.21 bits per heavy atom. The van der Waals surface area contributed by atoms with E-state index in [0.717, 1.165) is 30.3 Å². The van der Waals surface area contributed by atoms with Gasteiger partial charge in [-0.05, 0) is 19.1 Å². The lowest BCUT2D eigenvalue weighted by molar-refractivity contribution is 0.174. The molecule has 2 aliphatic rings. The number of fused-ring (bicyclic) bond motifs is 1. The highest BCUT2D eigenvalue weighted by Gasteiger charge is 2.25. The minimum absolute atomic E-state index is 0.221. The molecule has 1 N–H and O–H groups in total. The molecule has 0 spiro atoms. The summed E-state index contributed by atoms with van der Waals surface area (Å²) < 4.78 is 10.7. The van der Waals surface area contributed by atoms with E-state index in [2.05, 4.69) is 29.3 Å². The van der Waals surface area contributed by atoms with Crippen LogP contribution in [-0.4, -0.2) is 32.0 Å². The molecular formula is C14H17N3O2. The van der Waals surface area contributed by atoms with Crippen molar-refractivity contribution in [3.05, 3.63) is 18.2 Å². The van der Waals surface area contributed by atoms with Gasteiger partial charge < -0.3 is 19.7 Å². The van der Waals surface area contributed by atoms with Crippen LogP contribution in [0.4, 0.5) is 5.69 Å². The van der Waals surface area contributed by atoms with Crippen LogP contribution >= 0.6 is 0 Å². The fraction of sp³-hybridized carbons (Fsp3) is 0.500. The summed E-state index contributed by atoms with van der Waals surface area (Å²) in [6.07, 6.45) is 0.533. The fourth-order valence-electron chi connectivity index (χ4n) is 2.71. The number of ether oxygens (including phenoxy) is 2. The molecule has 0 bridgehead atoms. The number of piperazine rings is 1. The maximum atomic E-state index is 8.84. The van der Waals surface area contributed by atoms with Gasteiger partial charge in [-0.2, -0.15) is 5.26 Å². The van der Waals surface area contributed by atoms with Crippen LogP contribution in [-0.2, 0) is 0 Å². The second kappa shape index (κ2) is 4.98. The minimum atomic E-state index is 0.221. The highest BCUT2D eigenvalue weighted by molar-refractivity contribution is 5.57. The van der Waals surface area contributed by atoms with Crippen molar-refractivity contribution in [2.24, 2.45) is 0 Å². The van der Waals surface area contributed by atoms with Gasteiger partial charge in [0.25, 0.3) is 0 Å². The zero-order valence-corrected chi connectivity index (χ0v) is 10.9. The van der Waals surface area contributed by atoms with Gasteiger partial charge in [0.1, 0.15) is 0 Å². The third-order valence-electron chi connectivity index (χ3n) is 3.51. The molecule has 3 rings (SSSR count). The molecule has 2 heterocycles. The highest BCUT2D eigenvalue weighted by Crippen LogP contribution is 2.35. The van der Waals surface area contributed by atoms with E-state index in [1.807, 2.05) is 12.1 Å². The number of nitrogens with one attached hydrogen (secondary N) is 1. The van der Waals surface area contributed by atoms with Crippen molar-refractivity contribution in [1.29, 1.82) is 5.26 Å². The summed E-state index contributed by atoms with van der Waals surface area (Å²) in [5.41, 5.74) is 1.13. The first kappa shape index (κ1) is 12.1. The van der Waals surface area contributed by atoms with E-state index >= 15 is 0 Å². The summed E-state index contributed by atoms with van der Waals surface area (Å²) in [4.78, 5) is 2.30. The number of hydrogen-bond donors (Lipinski definition) is 1. The Hall–Kier alpha value is -1.93. The second-order valence-corrected chi connectivity index (χ2v) is 5.07. The molecule has 100 valence electrons. The van der Waals surface area contributed by atoms with Gasteiger partial charge in [-0.15, -0.1) is 0 Å². The van der Waals surface area contributed by atoms with Crippen molar-refractivity contribution in [3.63, 3.8) is 0 Å². The molecular weight excluding hydrogens is 242 g/mol. The van der Waals surface area contributed by atoms with Crippen molar-refractivity contribution < 1.29 is 9.47 Å². The molecule has 1 aromatic rings. The number of rotatable bonds is 2. The Bertz CT molecular complexity index is 512. The lowest BCUT2D eigenvalue weighted by Crippen LogP contribution is -2.55. The standard InChI is InChI=1S/C14H17N3O2/c1-10-7-17(8-11(16-10)4-5-15)12-2-3-13-14(6-12)19-9-18-13/h2-3,6,10-11,16H,4,7-9H2,1H3. The van der Waals surface area contributed by atoms with E-state index in [9.17, 15) is 0 Å². The summed E-state index contributed by atoms with van der Waals surface area (Å²) in [5, 5.41) is 12.3. The largest absolute Gasteiger partial charge is 0.454 e. The second-order valence-electron chi connectivity index (χ2n) is 5.07. The first-order valence-electron chi connectivity index (χ1n) is 6.54. The lowest BCUT2D eigenvalue weighted by Gasteiger charge is -2.38. The van der Waals surface area contributed by atoms with Gasteiger partial charge in [-0.1, -0.05) is 0 Å². The van der Waals surface area contributed by atoms with E-state index in [1.54, 1.807) is 0 Å². The fourth-order valence-corrected chi connectivity index (χ4v) is 2.71. The number of benzene rings is 1. The molecule has 2 unspecified atom stereocenters. The van der Waals surface area contributed by atoms with E-state index < -0.39 is 0 Å². The molecule has 1 fully saturated rings. The molecule has 5 heteroatoms. The van der Waals surface area contributed by atoms with Gasteiger partial charge in [0.15, 0.2) is 11.5 Å². The summed E-state index contributed by atoms with van der Waals surface area (Å²) in [6, 6.07) is 8.85. The third kappa shape index (κ3) is 2.45. The van der Waals surface area contributed by atoms with Gasteiger partial charge in [0.2, 0.25) is 6.79 Å². The van der Waals surface area contributed by atoms with E-state index in [4.69, 9.17) is 14.7 Å². The van der Waals surface area contributed by atoms with Gasteiger partial charge in [-0.3, -0.25) is 0 Å². The van der Waals surface area contributed by atoms with E-state index in [0.29, 0.717) is 19.3 Å². The first-order chi connectivity index (χ1) is 9.26. The van der Waals surface area contributed by atoms with Crippen LogP contribution in [0.25, 0.3) is 0 Å². The Kier molecular flexibility index (Phi) is 3.18. The quantitative estimate of drug-likeness (QED) is 0.872. The lowest BCUT2D eigenvalue weighted by atomic mass is 10.1. The predicted molar refractivity (Wildman–Crippen MR) is 71.4 cm³/mol. The van der Waals surface area contributed by atoms with Crippen LogP contribution < -0.4 is 19.7 Å². The molecule has 0 radical (unpaired) electrons. The van der Waals surface area contributed by atoms with Crippen LogP contribution in [0.15, 0.2) is 18.2 Å². The Balaban J connectivity index is 1.79. The third-order valence-corrected chi connectivity index (χ3v) is 3.51. The van der Waals surface area contributed by atoms with Crippen LogP contribution in [0, 0.1) is 11.3 Å². The zero-order chi connectivity index (χ0) is 13.2. The van der Waals surface area contributed by atoms with Crippen LogP contribution in [0.5, 0.6) is 11.5 Å². The molecule has 0 aromatic heterocycles. The normalized spacial score (nSPS) is 25.2. The van der Waals surface area contributed by atoms with Crippen molar-refractivity contribution in [2.45, 2.75) is 25.4 Å². The Morgan fingerprint density at radius 3 is 3.05 bits per heavy atom. The van der Waals surface area contributed by atoms with Crippen molar-refractivity contribution >= 4 is 5.69 Å². The monoisotopic (exact) mass is 259 g/mol. The van der Waals surface area contributed by atoms with E-state index in [-0.39, 0.29) is 6.04 Å². The summed E-state index contributed by atoms with van der Waals surface area (Å²) >= 11 is 0. The SMILES string of the molecule is CC1CN(c2ccc3c(c2)OCO3)CC(CC#N)N1. The van der Waals surface area contributed by atoms with E-state index in [1.165, 1.54) is 0 Å². The topological polar surface area (TPSA) is 57.5 Å². The molecule has 0 amide bonds. The molecule has 2 atom stereocenters. The zero-order valence-electron chi connectivity index (χ0n) is 10.9. The first-order valence-corrected chi connectivity index (χ1v) is 6.54. The van der Waals surface area contributed by atoms with Gasteiger partial charge in [0.05, 0.1) is 12.5 Å². The predicted octanol–water partition coefficient (Wildman–Crippen LogP) is 1.50. The average molecular weight is 259 g/mol. The van der Waals surface area contributed by atoms with Gasteiger partial charge >= 0.3 is 0 Å². The average Bonchev–Trinajstić information content (AvgIpc) is 2.85. The maximum absolute atomic E-state index is 8.84. The van der Waals surface area contributed by atoms with Crippen LogP contribution in [0.1, 0.15) is 13.3 Å². The van der Waals surface area contributed by atoms with Crippen LogP contribution in [0.2, 0.25) is 0 Å². The smallest absolute Gasteiger partial charge is 0.231 e. The van der Waals surface area contributed by atoms with Crippen molar-refractivity contribution in [3.8, 4) is 17.6 Å². The number of anilines is 1. The Morgan fingerprint density at radius 1 is 1.37 bits per heavy atom. The summed E-state index contributed by atoms with van der Waals surface area (Å²) in [5.74, 6) is 1.61. The van der Waals surface area contributed by atoms with Crippen LogP contribution in [0.3, 0.4) is 0 Å². The number of nitrogens with zero attached hydrogens (tertiary/aromatic N) is 2. The minimum Gasteiger partial charge on any atom is -0.454 e. The molecule has 1 aromatic carbocycles. The van der Waals surface area contributed by atoms with Gasteiger partial charge in [0, 0.05) is 36.9 Å². The Labute approximate surface area is 112 Å². The van der Waals surface area contributed by atoms with Gasteiger partial charge in [-0.25, -0.2) is 0 Å². The molecule has 5 nitrogen and oxygen atoms in total. The molecule has 2 aliphatic heterocycles. The number of hydrogen-bond acceptors (Lipinski definition) is 5. The molecule has 0 aliphatic carbocycles. The number of nitriles is 1. The molecule has 0 saturated carbocycles.